The van der Waals surface area contributed by atoms with Crippen LogP contribution in [-0.4, -0.2) is 51.8 Å². The van der Waals surface area contributed by atoms with Gasteiger partial charge in [-0.1, -0.05) is 12.1 Å². The van der Waals surface area contributed by atoms with Crippen molar-refractivity contribution in [1.29, 1.82) is 0 Å². The van der Waals surface area contributed by atoms with Gasteiger partial charge in [0.05, 0.1) is 11.5 Å². The number of alkyl halides is 3. The lowest BCUT2D eigenvalue weighted by Crippen LogP contribution is -2.65. The van der Waals surface area contributed by atoms with E-state index in [9.17, 15) is 28.1 Å². The van der Waals surface area contributed by atoms with Gasteiger partial charge in [0.1, 0.15) is 16.4 Å². The van der Waals surface area contributed by atoms with Crippen LogP contribution in [0.4, 0.5) is 24.8 Å². The van der Waals surface area contributed by atoms with Crippen molar-refractivity contribution in [3.63, 3.8) is 0 Å². The van der Waals surface area contributed by atoms with Crippen LogP contribution in [0.15, 0.2) is 41.9 Å². The van der Waals surface area contributed by atoms with Crippen LogP contribution in [0.1, 0.15) is 25.3 Å². The monoisotopic (exact) mass is 509 g/mol. The maximum atomic E-state index is 14.3. The number of fused-ring (bicyclic) bond motifs is 1. The summed E-state index contributed by atoms with van der Waals surface area (Å²) in [5, 5.41) is 16.5. The number of hydrogen-bond donors (Lipinski definition) is 1. The van der Waals surface area contributed by atoms with Gasteiger partial charge in [-0.25, -0.2) is 9.97 Å². The van der Waals surface area contributed by atoms with Crippen molar-refractivity contribution in [3.8, 4) is 0 Å². The van der Waals surface area contributed by atoms with Crippen molar-refractivity contribution >= 4 is 39.2 Å². The van der Waals surface area contributed by atoms with E-state index in [0.29, 0.717) is 10.4 Å². The van der Waals surface area contributed by atoms with Crippen LogP contribution in [-0.2, 0) is 16.1 Å². The lowest BCUT2D eigenvalue weighted by atomic mass is 9.82. The number of benzene rings is 1. The highest BCUT2D eigenvalue weighted by molar-refractivity contribution is 7.16. The molecule has 35 heavy (non-hydrogen) atoms. The summed E-state index contributed by atoms with van der Waals surface area (Å²) in [6, 6.07) is 5.44. The first-order chi connectivity index (χ1) is 16.6. The molecule has 3 aromatic rings. The van der Waals surface area contributed by atoms with Crippen molar-refractivity contribution in [3.05, 3.63) is 57.6 Å². The second-order valence-electron chi connectivity index (χ2n) is 8.14. The van der Waals surface area contributed by atoms with Crippen molar-refractivity contribution in [2.24, 2.45) is 0 Å². The molecule has 1 N–H and O–H groups in total. The predicted molar refractivity (Wildman–Crippen MR) is 123 cm³/mol. The average Bonchev–Trinajstić information content (AvgIpc) is 3.30. The summed E-state index contributed by atoms with van der Waals surface area (Å²) in [6.45, 7) is 1.37. The summed E-state index contributed by atoms with van der Waals surface area (Å²) >= 11 is 1.30. The Morgan fingerprint density at radius 3 is 2.91 bits per heavy atom. The van der Waals surface area contributed by atoms with Crippen LogP contribution in [0, 0.1) is 10.1 Å². The summed E-state index contributed by atoms with van der Waals surface area (Å²) < 4.78 is 48.0. The summed E-state index contributed by atoms with van der Waals surface area (Å²) in [5.74, 6) is -0.854. The zero-order chi connectivity index (χ0) is 25.2. The first kappa shape index (κ1) is 24.8. The molecule has 0 saturated carbocycles. The number of carbonyl (C=O) groups excluding carboxylic acids is 1. The fourth-order valence-corrected chi connectivity index (χ4v) is 4.90. The van der Waals surface area contributed by atoms with E-state index in [4.69, 9.17) is 4.74 Å². The quantitative estimate of drug-likeness (QED) is 0.286. The van der Waals surface area contributed by atoms with Crippen LogP contribution in [0.25, 0.3) is 10.2 Å². The second-order valence-corrected chi connectivity index (χ2v) is 9.03. The zero-order valence-electron chi connectivity index (χ0n) is 18.6. The van der Waals surface area contributed by atoms with Gasteiger partial charge in [-0.2, -0.15) is 13.2 Å². The molecule has 9 nitrogen and oxygen atoms in total. The average molecular weight is 510 g/mol. The molecule has 1 fully saturated rings. The number of nitro groups is 1. The number of carbonyl (C=O) groups is 1. The van der Waals surface area contributed by atoms with E-state index in [0.717, 1.165) is 10.3 Å². The molecule has 186 valence electrons. The van der Waals surface area contributed by atoms with E-state index in [-0.39, 0.29) is 37.8 Å². The van der Waals surface area contributed by atoms with Gasteiger partial charge in [-0.05, 0) is 30.4 Å². The minimum absolute atomic E-state index is 0.000816. The maximum Gasteiger partial charge on any atom is 0.408 e. The van der Waals surface area contributed by atoms with Gasteiger partial charge < -0.3 is 9.64 Å². The van der Waals surface area contributed by atoms with Crippen LogP contribution >= 0.6 is 11.3 Å². The van der Waals surface area contributed by atoms with Gasteiger partial charge in [0.15, 0.2) is 0 Å². The Bertz CT molecular complexity index is 1240. The summed E-state index contributed by atoms with van der Waals surface area (Å²) in [5.41, 5.74) is -1.34. The van der Waals surface area contributed by atoms with E-state index >= 15 is 0 Å². The minimum atomic E-state index is -4.68. The van der Waals surface area contributed by atoms with Crippen molar-refractivity contribution in [1.82, 2.24) is 15.3 Å². The highest BCUT2D eigenvalue weighted by Crippen LogP contribution is 2.39. The number of aromatic nitrogens is 2. The Balaban J connectivity index is 1.64. The van der Waals surface area contributed by atoms with Gasteiger partial charge in [-0.15, -0.1) is 11.3 Å². The molecule has 3 heterocycles. The second kappa shape index (κ2) is 9.74. The Morgan fingerprint density at radius 1 is 1.40 bits per heavy atom. The molecule has 0 amide bonds. The number of hydrogen-bond acceptors (Lipinski definition) is 9. The third kappa shape index (κ3) is 5.20. The molecule has 1 aliphatic rings. The molecule has 2 atom stereocenters. The lowest BCUT2D eigenvalue weighted by molar-refractivity contribution is -0.384. The first-order valence-corrected chi connectivity index (χ1v) is 11.7. The molecular formula is C22H22F3N5O4S. The van der Waals surface area contributed by atoms with Crippen molar-refractivity contribution in [2.45, 2.75) is 44.1 Å². The third-order valence-electron chi connectivity index (χ3n) is 5.95. The largest absolute Gasteiger partial charge is 0.465 e. The highest BCUT2D eigenvalue weighted by atomic mass is 32.1. The van der Waals surface area contributed by atoms with Crippen LogP contribution in [0.3, 0.4) is 0 Å². The molecule has 0 radical (unpaired) electrons. The highest BCUT2D eigenvalue weighted by Gasteiger charge is 2.55. The molecular weight excluding hydrogens is 487 g/mol. The molecule has 0 spiro atoms. The number of non-ortho nitro benzene ring substituents is 1. The SMILES string of the molecule is CCOC(=O)C1(NCc2cccc([N+](=O)[O-])c2)CCN(c2ncc3ccsc3n2)C(C(F)(F)F)C1. The molecule has 1 aliphatic heterocycles. The lowest BCUT2D eigenvalue weighted by Gasteiger charge is -2.45. The van der Waals surface area contributed by atoms with Gasteiger partial charge in [-0.3, -0.25) is 20.2 Å². The smallest absolute Gasteiger partial charge is 0.408 e. The zero-order valence-corrected chi connectivity index (χ0v) is 19.4. The fourth-order valence-electron chi connectivity index (χ4n) is 4.17. The molecule has 4 rings (SSSR count). The molecule has 1 saturated heterocycles. The molecule has 1 aromatic carbocycles. The molecule has 2 unspecified atom stereocenters. The van der Waals surface area contributed by atoms with Gasteiger partial charge in [0.2, 0.25) is 5.95 Å². The number of thiophene rings is 1. The van der Waals surface area contributed by atoms with E-state index in [1.54, 1.807) is 24.4 Å². The van der Waals surface area contributed by atoms with E-state index in [2.05, 4.69) is 15.3 Å². The number of nitrogens with one attached hydrogen (secondary N) is 1. The Morgan fingerprint density at radius 2 is 2.20 bits per heavy atom. The fraction of sp³-hybridized carbons (Fsp3) is 0.409. The molecule has 0 bridgehead atoms. The van der Waals surface area contributed by atoms with Crippen LogP contribution in [0.5, 0.6) is 0 Å². The van der Waals surface area contributed by atoms with Crippen LogP contribution in [0.2, 0.25) is 0 Å². The molecule has 0 aliphatic carbocycles. The van der Waals surface area contributed by atoms with Crippen molar-refractivity contribution in [2.75, 3.05) is 18.1 Å². The molecule has 2 aromatic heterocycles. The Labute approximate surface area is 202 Å². The number of rotatable bonds is 7. The number of nitrogens with zero attached hydrogens (tertiary/aromatic N) is 4. The number of halogens is 3. The van der Waals surface area contributed by atoms with Gasteiger partial charge >= 0.3 is 12.1 Å². The summed E-state index contributed by atoms with van der Waals surface area (Å²) in [7, 11) is 0. The number of anilines is 1. The summed E-state index contributed by atoms with van der Waals surface area (Å²) in [4.78, 5) is 33.6. The Hall–Kier alpha value is -3.32. The maximum absolute atomic E-state index is 14.3. The number of ether oxygens (including phenoxy) is 1. The number of piperidine rings is 1. The normalized spacial score (nSPS) is 20.7. The minimum Gasteiger partial charge on any atom is -0.465 e. The molecule has 13 heteroatoms. The van der Waals surface area contributed by atoms with E-state index in [1.807, 2.05) is 0 Å². The third-order valence-corrected chi connectivity index (χ3v) is 6.77. The van der Waals surface area contributed by atoms with Gasteiger partial charge in [0.25, 0.3) is 5.69 Å². The summed E-state index contributed by atoms with van der Waals surface area (Å²) in [6.07, 6.45) is -3.83. The van der Waals surface area contributed by atoms with Crippen LogP contribution < -0.4 is 10.2 Å². The standard InChI is InChI=1S/C22H22F3N5O4S/c1-2-34-19(31)21(27-12-14-4-3-5-16(10-14)30(32)33)7-8-29(17(11-21)22(23,24)25)20-26-13-15-6-9-35-18(15)28-20/h3-6,9-10,13,17,27H,2,7-8,11-12H2,1H3. The predicted octanol–water partition coefficient (Wildman–Crippen LogP) is 4.22. The van der Waals surface area contributed by atoms with Gasteiger partial charge in [0, 0.05) is 43.2 Å². The van der Waals surface area contributed by atoms with E-state index in [1.165, 1.54) is 35.7 Å². The Kier molecular flexibility index (Phi) is 6.90. The number of nitro benzene ring substituents is 1. The van der Waals surface area contributed by atoms with Crippen molar-refractivity contribution < 1.29 is 27.6 Å². The topological polar surface area (TPSA) is 110 Å². The van der Waals surface area contributed by atoms with E-state index < -0.39 is 35.1 Å². The first-order valence-electron chi connectivity index (χ1n) is 10.8. The number of esters is 1.